The molecule has 3 heterocycles. The molecule has 3 aliphatic heterocycles. The lowest BCUT2D eigenvalue weighted by atomic mass is 9.91. The van der Waals surface area contributed by atoms with E-state index in [4.69, 9.17) is 4.74 Å². The van der Waals surface area contributed by atoms with Gasteiger partial charge in [0, 0.05) is 32.7 Å². The predicted molar refractivity (Wildman–Crippen MR) is 94.0 cm³/mol. The topological polar surface area (TPSA) is 44.8 Å². The smallest absolute Gasteiger partial charge is 0.239 e. The molecule has 0 aromatic heterocycles. The third-order valence-corrected chi connectivity index (χ3v) is 5.51. The first kappa shape index (κ1) is 19.0. The number of carbonyl (C=O) groups excluding carboxylic acids is 1. The number of piperidine rings is 2. The number of amides is 1. The molecule has 0 aliphatic carbocycles. The number of hydrogen-bond donors (Lipinski definition) is 1. The highest BCUT2D eigenvalue weighted by atomic mass is 35.5. The molecule has 3 saturated heterocycles. The van der Waals surface area contributed by atoms with Crippen LogP contribution in [-0.4, -0.2) is 74.2 Å². The minimum atomic E-state index is 0. The average Bonchev–Trinajstić information content (AvgIpc) is 2.56. The molecule has 6 heteroatoms. The highest BCUT2D eigenvalue weighted by Crippen LogP contribution is 2.22. The van der Waals surface area contributed by atoms with Gasteiger partial charge in [-0.15, -0.1) is 12.4 Å². The molecule has 23 heavy (non-hydrogen) atoms. The van der Waals surface area contributed by atoms with E-state index in [1.54, 1.807) is 0 Å². The summed E-state index contributed by atoms with van der Waals surface area (Å²) in [5, 5.41) is 3.41. The van der Waals surface area contributed by atoms with E-state index in [-0.39, 0.29) is 18.4 Å². The molecule has 134 valence electrons. The summed E-state index contributed by atoms with van der Waals surface area (Å²) in [5.74, 6) is 1.77. The maximum atomic E-state index is 12.6. The van der Waals surface area contributed by atoms with E-state index in [1.807, 2.05) is 0 Å². The van der Waals surface area contributed by atoms with Crippen LogP contribution in [0.4, 0.5) is 0 Å². The van der Waals surface area contributed by atoms with E-state index < -0.39 is 0 Å². The number of carbonyl (C=O) groups is 1. The SMILES string of the molecule is CC1CCNC(C(=O)N2CCC(CN3CCOCC3)CC2)C1.Cl. The van der Waals surface area contributed by atoms with Crippen LogP contribution in [0.15, 0.2) is 0 Å². The van der Waals surface area contributed by atoms with Crippen molar-refractivity contribution in [1.82, 2.24) is 15.1 Å². The Balaban J connectivity index is 0.00000192. The van der Waals surface area contributed by atoms with Crippen LogP contribution in [0.25, 0.3) is 0 Å². The summed E-state index contributed by atoms with van der Waals surface area (Å²) in [6.45, 7) is 10.2. The normalized spacial score (nSPS) is 30.7. The molecule has 3 aliphatic rings. The number of ether oxygens (including phenoxy) is 1. The number of halogens is 1. The van der Waals surface area contributed by atoms with Crippen molar-refractivity contribution in [2.24, 2.45) is 11.8 Å². The molecule has 1 amide bonds. The Bertz CT molecular complexity index is 369. The van der Waals surface area contributed by atoms with Gasteiger partial charge in [-0.2, -0.15) is 0 Å². The lowest BCUT2D eigenvalue weighted by Gasteiger charge is -2.38. The molecular weight excluding hydrogens is 314 g/mol. The fraction of sp³-hybridized carbons (Fsp3) is 0.941. The highest BCUT2D eigenvalue weighted by Gasteiger charge is 2.31. The van der Waals surface area contributed by atoms with Crippen LogP contribution in [0, 0.1) is 11.8 Å². The van der Waals surface area contributed by atoms with Crippen molar-refractivity contribution < 1.29 is 9.53 Å². The Hall–Kier alpha value is -0.360. The number of nitrogens with zero attached hydrogens (tertiary/aromatic N) is 2. The van der Waals surface area contributed by atoms with Crippen LogP contribution in [0.5, 0.6) is 0 Å². The summed E-state index contributed by atoms with van der Waals surface area (Å²) < 4.78 is 5.41. The minimum absolute atomic E-state index is 0. The van der Waals surface area contributed by atoms with Crippen LogP contribution in [-0.2, 0) is 9.53 Å². The molecule has 0 spiro atoms. The van der Waals surface area contributed by atoms with Gasteiger partial charge >= 0.3 is 0 Å². The van der Waals surface area contributed by atoms with Gasteiger partial charge in [-0.25, -0.2) is 0 Å². The maximum Gasteiger partial charge on any atom is 0.239 e. The number of hydrogen-bond acceptors (Lipinski definition) is 4. The van der Waals surface area contributed by atoms with Gasteiger partial charge in [0.1, 0.15) is 0 Å². The Morgan fingerprint density at radius 3 is 2.48 bits per heavy atom. The van der Waals surface area contributed by atoms with Gasteiger partial charge in [0.05, 0.1) is 19.3 Å². The van der Waals surface area contributed by atoms with Crippen molar-refractivity contribution in [3.8, 4) is 0 Å². The zero-order valence-electron chi connectivity index (χ0n) is 14.3. The Morgan fingerprint density at radius 2 is 1.83 bits per heavy atom. The summed E-state index contributed by atoms with van der Waals surface area (Å²) in [6, 6.07) is 0.0690. The Kier molecular flexibility index (Phi) is 7.60. The molecule has 0 saturated carbocycles. The molecule has 3 rings (SSSR count). The Labute approximate surface area is 146 Å². The van der Waals surface area contributed by atoms with Gasteiger partial charge in [0.15, 0.2) is 0 Å². The quantitative estimate of drug-likeness (QED) is 0.839. The van der Waals surface area contributed by atoms with E-state index in [0.29, 0.717) is 11.8 Å². The molecule has 5 nitrogen and oxygen atoms in total. The third-order valence-electron chi connectivity index (χ3n) is 5.51. The first-order valence-corrected chi connectivity index (χ1v) is 9.04. The average molecular weight is 346 g/mol. The molecule has 0 bridgehead atoms. The molecule has 0 aromatic carbocycles. The van der Waals surface area contributed by atoms with Crippen molar-refractivity contribution in [2.75, 3.05) is 52.5 Å². The monoisotopic (exact) mass is 345 g/mol. The van der Waals surface area contributed by atoms with E-state index >= 15 is 0 Å². The second-order valence-electron chi connectivity index (χ2n) is 7.32. The summed E-state index contributed by atoms with van der Waals surface area (Å²) in [7, 11) is 0. The third kappa shape index (κ3) is 5.31. The summed E-state index contributed by atoms with van der Waals surface area (Å²) in [6.07, 6.45) is 4.52. The minimum Gasteiger partial charge on any atom is -0.379 e. The molecule has 1 N–H and O–H groups in total. The molecule has 0 aromatic rings. The lowest BCUT2D eigenvalue weighted by Crippen LogP contribution is -2.52. The van der Waals surface area contributed by atoms with Crippen molar-refractivity contribution in [3.63, 3.8) is 0 Å². The molecule has 2 atom stereocenters. The van der Waals surface area contributed by atoms with Crippen LogP contribution < -0.4 is 5.32 Å². The van der Waals surface area contributed by atoms with Crippen LogP contribution in [0.3, 0.4) is 0 Å². The van der Waals surface area contributed by atoms with Gasteiger partial charge in [-0.1, -0.05) is 6.92 Å². The summed E-state index contributed by atoms with van der Waals surface area (Å²) >= 11 is 0. The zero-order chi connectivity index (χ0) is 15.4. The summed E-state index contributed by atoms with van der Waals surface area (Å²) in [4.78, 5) is 17.3. The Morgan fingerprint density at radius 1 is 1.13 bits per heavy atom. The number of morpholine rings is 1. The highest BCUT2D eigenvalue weighted by molar-refractivity contribution is 5.85. The van der Waals surface area contributed by atoms with Crippen molar-refractivity contribution >= 4 is 18.3 Å². The van der Waals surface area contributed by atoms with Gasteiger partial charge in [0.2, 0.25) is 5.91 Å². The van der Waals surface area contributed by atoms with Gasteiger partial charge in [0.25, 0.3) is 0 Å². The first-order valence-electron chi connectivity index (χ1n) is 9.04. The van der Waals surface area contributed by atoms with Gasteiger partial charge in [-0.3, -0.25) is 9.69 Å². The van der Waals surface area contributed by atoms with E-state index in [1.165, 1.54) is 13.0 Å². The lowest BCUT2D eigenvalue weighted by molar-refractivity contribution is -0.136. The number of rotatable bonds is 3. The number of nitrogens with one attached hydrogen (secondary N) is 1. The molecule has 2 unspecified atom stereocenters. The second kappa shape index (κ2) is 9.21. The second-order valence-corrected chi connectivity index (χ2v) is 7.32. The van der Waals surface area contributed by atoms with Crippen LogP contribution in [0.1, 0.15) is 32.6 Å². The maximum absolute atomic E-state index is 12.6. The standard InChI is InChI=1S/C17H31N3O2.ClH/c1-14-2-5-18-16(12-14)17(21)20-6-3-15(4-7-20)13-19-8-10-22-11-9-19;/h14-16,18H,2-13H2,1H3;1H. The fourth-order valence-electron chi connectivity index (χ4n) is 4.00. The summed E-state index contributed by atoms with van der Waals surface area (Å²) in [5.41, 5.74) is 0. The largest absolute Gasteiger partial charge is 0.379 e. The molecular formula is C17H32ClN3O2. The molecule has 3 fully saturated rings. The molecule has 0 radical (unpaired) electrons. The van der Waals surface area contributed by atoms with E-state index in [9.17, 15) is 4.79 Å². The predicted octanol–water partition coefficient (Wildman–Crippen LogP) is 1.37. The van der Waals surface area contributed by atoms with Crippen molar-refractivity contribution in [3.05, 3.63) is 0 Å². The van der Waals surface area contributed by atoms with Crippen molar-refractivity contribution in [1.29, 1.82) is 0 Å². The first-order chi connectivity index (χ1) is 10.7. The number of likely N-dealkylation sites (tertiary alicyclic amines) is 1. The van der Waals surface area contributed by atoms with E-state index in [0.717, 1.165) is 71.1 Å². The van der Waals surface area contributed by atoms with Crippen molar-refractivity contribution in [2.45, 2.75) is 38.6 Å². The van der Waals surface area contributed by atoms with Crippen LogP contribution in [0.2, 0.25) is 0 Å². The van der Waals surface area contributed by atoms with Crippen LogP contribution >= 0.6 is 12.4 Å². The van der Waals surface area contributed by atoms with Gasteiger partial charge in [-0.05, 0) is 44.1 Å². The van der Waals surface area contributed by atoms with Gasteiger partial charge < -0.3 is 15.0 Å². The fourth-order valence-corrected chi connectivity index (χ4v) is 4.00. The zero-order valence-corrected chi connectivity index (χ0v) is 15.2. The van der Waals surface area contributed by atoms with E-state index in [2.05, 4.69) is 22.0 Å².